The number of nitrogens with one attached hydrogen (secondary N) is 1. The van der Waals surface area contributed by atoms with Crippen LogP contribution in [-0.4, -0.2) is 11.6 Å². The lowest BCUT2D eigenvalue weighted by atomic mass is 9.64. The Balaban J connectivity index is 1.52. The third kappa shape index (κ3) is 4.76. The Morgan fingerprint density at radius 3 is 1.94 bits per heavy atom. The standard InChI is InChI=1S/C31H34ClNO3/c1-18-6-8-19(9-7-18)17-36-26-11-10-20(12-21(26)32)27-28-22(13-30(2,3)15-24(28)34)33-23-14-31(4,5)16-25(35)29(23)27/h6-12,27,33H,13-17H2,1-5H3. The van der Waals surface area contributed by atoms with E-state index >= 15 is 0 Å². The second-order valence-electron chi connectivity index (χ2n) is 12.2. The first-order chi connectivity index (χ1) is 16.9. The van der Waals surface area contributed by atoms with Gasteiger partial charge in [0.05, 0.1) is 5.02 Å². The van der Waals surface area contributed by atoms with E-state index < -0.39 is 5.92 Å². The molecule has 0 amide bonds. The van der Waals surface area contributed by atoms with Gasteiger partial charge in [0.2, 0.25) is 0 Å². The van der Waals surface area contributed by atoms with Gasteiger partial charge in [-0.05, 0) is 53.9 Å². The first-order valence-electron chi connectivity index (χ1n) is 12.7. The van der Waals surface area contributed by atoms with Crippen LogP contribution in [0.1, 0.15) is 76.0 Å². The minimum Gasteiger partial charge on any atom is -0.487 e. The van der Waals surface area contributed by atoms with E-state index in [0.29, 0.717) is 30.2 Å². The lowest BCUT2D eigenvalue weighted by Gasteiger charge is -2.44. The number of carbonyl (C=O) groups excluding carboxylic acids is 2. The van der Waals surface area contributed by atoms with Crippen LogP contribution in [0.2, 0.25) is 5.02 Å². The fourth-order valence-corrected chi connectivity index (χ4v) is 6.12. The van der Waals surface area contributed by atoms with Crippen LogP contribution in [0.3, 0.4) is 0 Å². The monoisotopic (exact) mass is 503 g/mol. The fraction of sp³-hybridized carbons (Fsp3) is 0.419. The van der Waals surface area contributed by atoms with Gasteiger partial charge in [0.15, 0.2) is 11.6 Å². The largest absolute Gasteiger partial charge is 0.487 e. The Hall–Kier alpha value is -2.85. The molecule has 3 aliphatic rings. The van der Waals surface area contributed by atoms with Crippen molar-refractivity contribution in [1.82, 2.24) is 5.32 Å². The molecule has 5 rings (SSSR count). The zero-order chi connectivity index (χ0) is 25.8. The summed E-state index contributed by atoms with van der Waals surface area (Å²) in [5.41, 5.74) is 6.26. The van der Waals surface area contributed by atoms with Crippen LogP contribution in [0.5, 0.6) is 5.75 Å². The molecule has 188 valence electrons. The van der Waals surface area contributed by atoms with Crippen LogP contribution in [0, 0.1) is 17.8 Å². The number of ether oxygens (including phenoxy) is 1. The van der Waals surface area contributed by atoms with Gasteiger partial charge in [0.1, 0.15) is 12.4 Å². The number of benzene rings is 2. The maximum atomic E-state index is 13.5. The van der Waals surface area contributed by atoms with Crippen molar-refractivity contribution in [2.75, 3.05) is 0 Å². The normalized spacial score (nSPS) is 21.2. The molecule has 0 saturated carbocycles. The van der Waals surface area contributed by atoms with Crippen LogP contribution in [0.25, 0.3) is 0 Å². The zero-order valence-electron chi connectivity index (χ0n) is 21.8. The molecule has 5 heteroatoms. The number of rotatable bonds is 4. The predicted molar refractivity (Wildman–Crippen MR) is 143 cm³/mol. The highest BCUT2D eigenvalue weighted by atomic mass is 35.5. The maximum absolute atomic E-state index is 13.5. The zero-order valence-corrected chi connectivity index (χ0v) is 22.5. The van der Waals surface area contributed by atoms with Crippen molar-refractivity contribution in [3.05, 3.63) is 86.7 Å². The molecule has 2 aliphatic carbocycles. The van der Waals surface area contributed by atoms with Gasteiger partial charge in [0, 0.05) is 41.3 Å². The minimum absolute atomic E-state index is 0.110. The quantitative estimate of drug-likeness (QED) is 0.479. The molecule has 0 aromatic heterocycles. The van der Waals surface area contributed by atoms with E-state index in [1.54, 1.807) is 0 Å². The fourth-order valence-electron chi connectivity index (χ4n) is 5.88. The third-order valence-electron chi connectivity index (χ3n) is 7.52. The molecule has 0 fully saturated rings. The number of hydrogen-bond acceptors (Lipinski definition) is 4. The Labute approximate surface area is 218 Å². The number of halogens is 1. The van der Waals surface area contributed by atoms with E-state index in [1.807, 2.05) is 30.3 Å². The number of Topliss-reactive ketones (excluding diaryl/α,β-unsaturated/α-hetero) is 2. The van der Waals surface area contributed by atoms with Gasteiger partial charge < -0.3 is 10.1 Å². The van der Waals surface area contributed by atoms with Crippen molar-refractivity contribution < 1.29 is 14.3 Å². The van der Waals surface area contributed by atoms with Crippen molar-refractivity contribution in [2.45, 2.75) is 72.8 Å². The van der Waals surface area contributed by atoms with Gasteiger partial charge in [-0.2, -0.15) is 0 Å². The molecule has 4 nitrogen and oxygen atoms in total. The van der Waals surface area contributed by atoms with E-state index in [-0.39, 0.29) is 22.4 Å². The van der Waals surface area contributed by atoms with Gasteiger partial charge in [-0.15, -0.1) is 0 Å². The van der Waals surface area contributed by atoms with Crippen molar-refractivity contribution in [1.29, 1.82) is 0 Å². The molecule has 0 unspecified atom stereocenters. The van der Waals surface area contributed by atoms with Crippen LogP contribution in [0.4, 0.5) is 0 Å². The summed E-state index contributed by atoms with van der Waals surface area (Å²) in [4.78, 5) is 27.0. The molecule has 0 saturated heterocycles. The highest BCUT2D eigenvalue weighted by Gasteiger charge is 2.46. The molecule has 1 aliphatic heterocycles. The Morgan fingerprint density at radius 1 is 0.861 bits per heavy atom. The van der Waals surface area contributed by atoms with E-state index in [2.05, 4.69) is 52.1 Å². The molecule has 0 radical (unpaired) electrons. The minimum atomic E-state index is -0.396. The van der Waals surface area contributed by atoms with E-state index in [1.165, 1.54) is 5.56 Å². The van der Waals surface area contributed by atoms with E-state index in [0.717, 1.165) is 46.5 Å². The van der Waals surface area contributed by atoms with Crippen molar-refractivity contribution >= 4 is 23.2 Å². The van der Waals surface area contributed by atoms with Gasteiger partial charge in [-0.1, -0.05) is 75.2 Å². The number of ketones is 2. The Bertz CT molecular complexity index is 1260. The molecule has 0 atom stereocenters. The number of dihydropyridines is 1. The molecular formula is C31H34ClNO3. The highest BCUT2D eigenvalue weighted by molar-refractivity contribution is 6.32. The summed E-state index contributed by atoms with van der Waals surface area (Å²) >= 11 is 6.71. The summed E-state index contributed by atoms with van der Waals surface area (Å²) in [6, 6.07) is 13.9. The molecule has 36 heavy (non-hydrogen) atoms. The van der Waals surface area contributed by atoms with Crippen molar-refractivity contribution in [3.8, 4) is 5.75 Å². The lowest BCUT2D eigenvalue weighted by Crippen LogP contribution is -2.42. The second kappa shape index (κ2) is 8.92. The van der Waals surface area contributed by atoms with Crippen LogP contribution < -0.4 is 10.1 Å². The van der Waals surface area contributed by atoms with E-state index in [9.17, 15) is 9.59 Å². The average molecular weight is 504 g/mol. The molecule has 2 aromatic carbocycles. The smallest absolute Gasteiger partial charge is 0.162 e. The molecule has 0 bridgehead atoms. The summed E-state index contributed by atoms with van der Waals surface area (Å²) in [5, 5.41) is 4.04. The summed E-state index contributed by atoms with van der Waals surface area (Å²) in [7, 11) is 0. The second-order valence-corrected chi connectivity index (χ2v) is 12.6. The van der Waals surface area contributed by atoms with E-state index in [4.69, 9.17) is 16.3 Å². The predicted octanol–water partition coefficient (Wildman–Crippen LogP) is 7.20. The molecule has 2 aromatic rings. The van der Waals surface area contributed by atoms with Crippen LogP contribution >= 0.6 is 11.6 Å². The topological polar surface area (TPSA) is 55.4 Å². The summed E-state index contributed by atoms with van der Waals surface area (Å²) in [6.45, 7) is 11.0. The summed E-state index contributed by atoms with van der Waals surface area (Å²) < 4.78 is 6.01. The SMILES string of the molecule is Cc1ccc(COc2ccc(C3C4=C(CC(C)(C)CC4=O)NC4=C3C(=O)CC(C)(C)C4)cc2Cl)cc1. The summed E-state index contributed by atoms with van der Waals surface area (Å²) in [6.07, 6.45) is 2.50. The number of allylic oxidation sites excluding steroid dienone is 4. The molecule has 0 spiro atoms. The average Bonchev–Trinajstić information content (AvgIpc) is 2.76. The van der Waals surface area contributed by atoms with Crippen LogP contribution in [-0.2, 0) is 16.2 Å². The molecular weight excluding hydrogens is 470 g/mol. The van der Waals surface area contributed by atoms with Crippen molar-refractivity contribution in [2.24, 2.45) is 10.8 Å². The molecule has 1 heterocycles. The first-order valence-corrected chi connectivity index (χ1v) is 13.1. The van der Waals surface area contributed by atoms with Crippen molar-refractivity contribution in [3.63, 3.8) is 0 Å². The number of aryl methyl sites for hydroxylation is 1. The van der Waals surface area contributed by atoms with Gasteiger partial charge in [0.25, 0.3) is 0 Å². The number of carbonyl (C=O) groups is 2. The highest BCUT2D eigenvalue weighted by Crippen LogP contribution is 2.51. The molecule has 1 N–H and O–H groups in total. The Morgan fingerprint density at radius 2 is 1.42 bits per heavy atom. The maximum Gasteiger partial charge on any atom is 0.162 e. The number of hydrogen-bond donors (Lipinski definition) is 1. The Kier molecular flexibility index (Phi) is 6.15. The summed E-state index contributed by atoms with van der Waals surface area (Å²) in [5.74, 6) is 0.412. The van der Waals surface area contributed by atoms with Crippen LogP contribution in [0.15, 0.2) is 65.0 Å². The first kappa shape index (κ1) is 24.8. The van der Waals surface area contributed by atoms with Gasteiger partial charge >= 0.3 is 0 Å². The van der Waals surface area contributed by atoms with Gasteiger partial charge in [-0.3, -0.25) is 9.59 Å². The lowest BCUT2D eigenvalue weighted by molar-refractivity contribution is -0.119. The van der Waals surface area contributed by atoms with Gasteiger partial charge in [-0.25, -0.2) is 0 Å². The third-order valence-corrected chi connectivity index (χ3v) is 7.82.